The standard InChI is InChI=1S/C76H116F8N12O12/c1-14-44(3)62-70(106)90(9)40-60(99)91(10)53-22-16-15-19-31-95(69(53)105)57(36-46-25-28-49(29-26-46)75(79,80)81)68(104)89(8)39-58(97)85-52(30-27-47-33-50(77)61(51(78)34-47)76(82,83)84)66(102)96-38-43(2)32-55(96)65(101)87-74(41-73(4,5)42-74)72(108)94(13)63(48-20-17-18-21-48)71(107)93(12)56(67(103)88(6)7)37-59(98)92(11)54(64(100)86-62)35-45-23-24-45/h15-16,43-57,61-63H,14,17-42H2,1-13H3,(H,85,97)(H,86,100)(H,87,101)/b16-15-/t43-,44-,46?,47?,49?,50?,51?,52-,53-,54-,55-,56-,57-,61?,62-,63-/m0/s1. The first-order chi connectivity index (χ1) is 50.4. The Morgan fingerprint density at radius 1 is 0.620 bits per heavy atom. The van der Waals surface area contributed by atoms with Gasteiger partial charge >= 0.3 is 12.4 Å². The van der Waals surface area contributed by atoms with E-state index in [1.165, 1.54) is 80.9 Å². The quantitative estimate of drug-likeness (QED) is 0.140. The van der Waals surface area contributed by atoms with E-state index in [4.69, 9.17) is 0 Å². The number of alkyl halides is 8. The van der Waals surface area contributed by atoms with Gasteiger partial charge in [-0.05, 0) is 150 Å². The highest BCUT2D eigenvalue weighted by Crippen LogP contribution is 2.51. The average molecular weight is 1540 g/mol. The van der Waals surface area contributed by atoms with Crippen LogP contribution in [-0.2, 0) is 57.5 Å². The van der Waals surface area contributed by atoms with Gasteiger partial charge in [-0.15, -0.1) is 0 Å². The topological polar surface area (TPSA) is 270 Å². The number of nitrogens with one attached hydrogen (secondary N) is 3. The summed E-state index contributed by atoms with van der Waals surface area (Å²) in [5.41, 5.74) is -2.29. The van der Waals surface area contributed by atoms with Crippen LogP contribution in [0.1, 0.15) is 182 Å². The Kier molecular flexibility index (Phi) is 28.4. The van der Waals surface area contributed by atoms with Gasteiger partial charge in [0.1, 0.15) is 72.1 Å². The summed E-state index contributed by atoms with van der Waals surface area (Å²) in [6.45, 7) is 7.24. The molecule has 3 N–H and O–H groups in total. The van der Waals surface area contributed by atoms with Gasteiger partial charge in [-0.1, -0.05) is 78.9 Å². The molecule has 8 rings (SSSR count). The van der Waals surface area contributed by atoms with Crippen molar-refractivity contribution < 1.29 is 92.7 Å². The van der Waals surface area contributed by atoms with Crippen LogP contribution in [0.15, 0.2) is 12.2 Å². The predicted octanol–water partition coefficient (Wildman–Crippen LogP) is 6.97. The molecule has 608 valence electrons. The second kappa shape index (κ2) is 35.5. The van der Waals surface area contributed by atoms with E-state index in [0.29, 0.717) is 32.1 Å². The molecular formula is C76H116F8N12O12. The summed E-state index contributed by atoms with van der Waals surface area (Å²) in [5.74, 6) is -16.8. The zero-order chi connectivity index (χ0) is 80.1. The lowest BCUT2D eigenvalue weighted by atomic mass is 9.58. The van der Waals surface area contributed by atoms with Crippen molar-refractivity contribution in [3.05, 3.63) is 12.2 Å². The highest BCUT2D eigenvalue weighted by molar-refractivity contribution is 6.01. The van der Waals surface area contributed by atoms with Crippen LogP contribution in [0.5, 0.6) is 0 Å². The molecule has 1 spiro atoms. The minimum atomic E-state index is -5.21. The van der Waals surface area contributed by atoms with Crippen molar-refractivity contribution in [1.29, 1.82) is 0 Å². The molecule has 24 nitrogen and oxygen atoms in total. The van der Waals surface area contributed by atoms with Crippen molar-refractivity contribution in [2.75, 3.05) is 82.6 Å². The monoisotopic (exact) mass is 1540 g/mol. The van der Waals surface area contributed by atoms with Crippen molar-refractivity contribution in [2.24, 2.45) is 52.8 Å². The van der Waals surface area contributed by atoms with Gasteiger partial charge in [-0.25, -0.2) is 8.78 Å². The molecule has 0 radical (unpaired) electrons. The number of carbonyl (C=O) groups is 12. The number of hydrogen-bond acceptors (Lipinski definition) is 12. The second-order valence-corrected chi connectivity index (χ2v) is 33.9. The first-order valence-corrected chi connectivity index (χ1v) is 38.8. The summed E-state index contributed by atoms with van der Waals surface area (Å²) in [4.78, 5) is 192. The van der Waals surface area contributed by atoms with Crippen molar-refractivity contribution in [1.82, 2.24) is 60.0 Å². The Bertz CT molecular complexity index is 3300. The van der Waals surface area contributed by atoms with Crippen molar-refractivity contribution >= 4 is 70.9 Å². The Labute approximate surface area is 629 Å². The maximum Gasteiger partial charge on any atom is 0.397 e. The van der Waals surface area contributed by atoms with Crippen LogP contribution >= 0.6 is 0 Å². The lowest BCUT2D eigenvalue weighted by Gasteiger charge is -2.54. The van der Waals surface area contributed by atoms with E-state index in [-0.39, 0.29) is 96.1 Å². The smallest absolute Gasteiger partial charge is 0.347 e. The third-order valence-electron chi connectivity index (χ3n) is 24.7. The highest BCUT2D eigenvalue weighted by atomic mass is 19.4. The summed E-state index contributed by atoms with van der Waals surface area (Å²) < 4.78 is 115. The van der Waals surface area contributed by atoms with Crippen molar-refractivity contribution in [3.8, 4) is 0 Å². The lowest BCUT2D eigenvalue weighted by molar-refractivity contribution is -0.219. The van der Waals surface area contributed by atoms with Crippen molar-refractivity contribution in [3.63, 3.8) is 0 Å². The molecule has 0 aromatic rings. The molecule has 0 aromatic heterocycles. The van der Waals surface area contributed by atoms with Crippen LogP contribution in [0.4, 0.5) is 35.1 Å². The molecule has 2 saturated heterocycles. The molecule has 3 heterocycles. The fraction of sp³-hybridized carbons (Fsp3) is 0.816. The molecule has 2 bridgehead atoms. The predicted molar refractivity (Wildman–Crippen MR) is 382 cm³/mol. The van der Waals surface area contributed by atoms with E-state index in [0.717, 1.165) is 32.4 Å². The normalized spacial score (nSPS) is 33.1. The van der Waals surface area contributed by atoms with Gasteiger partial charge in [0.05, 0.1) is 25.4 Å². The van der Waals surface area contributed by atoms with E-state index in [9.17, 15) is 55.1 Å². The first-order valence-electron chi connectivity index (χ1n) is 38.8. The maximum atomic E-state index is 15.7. The van der Waals surface area contributed by atoms with Crippen LogP contribution < -0.4 is 16.0 Å². The molecule has 5 saturated carbocycles. The van der Waals surface area contributed by atoms with Gasteiger partial charge in [0.2, 0.25) is 70.9 Å². The van der Waals surface area contributed by atoms with Crippen LogP contribution in [0.25, 0.3) is 0 Å². The number of hydrogen-bond donors (Lipinski definition) is 3. The SMILES string of the molecule is CC[C@H](C)[C@@H]1NC(=O)[C@H](CC2CC2)N(C)C(=O)C[C@@H](C(=O)N(C)C)N(C)C(=O)[C@H](C2CCCC2)N(C)C(=O)C2(CC(C)(C)C2)NC(=O)[C@@H]2C[C@H](C)CN2C(=O)[C@H](CCC2CC(F)C(C(F)(F)F)C(F)C2)NC(=O)CN(C)C(=O)[C@H](CC2CCC(C(F)(F)F)CC2)N2CC/C=C\C[C@@H](C2=O)N(C)C(=O)CN(C)C1=O. The Morgan fingerprint density at radius 2 is 1.20 bits per heavy atom. The van der Waals surface area contributed by atoms with Crippen LogP contribution in [0.3, 0.4) is 0 Å². The summed E-state index contributed by atoms with van der Waals surface area (Å²) >= 11 is 0. The molecule has 2 unspecified atom stereocenters. The van der Waals surface area contributed by atoms with E-state index in [1.54, 1.807) is 32.9 Å². The van der Waals surface area contributed by atoms with E-state index in [1.807, 2.05) is 13.8 Å². The van der Waals surface area contributed by atoms with Crippen molar-refractivity contribution in [2.45, 2.75) is 261 Å². The summed E-state index contributed by atoms with van der Waals surface area (Å²) in [5, 5.41) is 8.53. The van der Waals surface area contributed by atoms with Crippen LogP contribution in [-0.4, -0.2) is 276 Å². The van der Waals surface area contributed by atoms with Gasteiger partial charge in [0, 0.05) is 69.5 Å². The maximum absolute atomic E-state index is 15.7. The second-order valence-electron chi connectivity index (χ2n) is 33.9. The molecule has 7 fully saturated rings. The van der Waals surface area contributed by atoms with Crippen LogP contribution in [0.2, 0.25) is 0 Å². The molecular weight excluding hydrogens is 1420 g/mol. The highest BCUT2D eigenvalue weighted by Gasteiger charge is 2.60. The van der Waals surface area contributed by atoms with Crippen LogP contribution in [0, 0.1) is 52.8 Å². The van der Waals surface area contributed by atoms with E-state index >= 15 is 37.5 Å². The Hall–Kier alpha value is -7.18. The average Bonchev–Trinajstić information content (AvgIpc) is 0.794. The van der Waals surface area contributed by atoms with Gasteiger partial charge in [-0.3, -0.25) is 57.5 Å². The molecule has 12 amide bonds. The fourth-order valence-corrected chi connectivity index (χ4v) is 18.1. The summed E-state index contributed by atoms with van der Waals surface area (Å²) in [6.07, 6.45) is -10.7. The zero-order valence-corrected chi connectivity index (χ0v) is 65.1. The number of likely N-dealkylation sites (N-methyl/N-ethyl adjacent to an activating group) is 7. The summed E-state index contributed by atoms with van der Waals surface area (Å²) in [6, 6.07) is -11.1. The van der Waals surface area contributed by atoms with E-state index < -0.39 is 235 Å². The molecule has 3 aliphatic heterocycles. The van der Waals surface area contributed by atoms with E-state index in [2.05, 4.69) is 16.0 Å². The minimum Gasteiger partial charge on any atom is -0.347 e. The number of fused-ring (bicyclic) bond motifs is 3. The van der Waals surface area contributed by atoms with Gasteiger partial charge < -0.3 is 60.0 Å². The molecule has 8 aliphatic rings. The van der Waals surface area contributed by atoms with Gasteiger partial charge in [-0.2, -0.15) is 26.3 Å². The lowest BCUT2D eigenvalue weighted by Crippen LogP contribution is -2.71. The molecule has 12 atom stereocenters. The number of rotatable bonds is 11. The third kappa shape index (κ3) is 20.5. The fourth-order valence-electron chi connectivity index (χ4n) is 18.1. The first kappa shape index (κ1) is 86.4. The Morgan fingerprint density at radius 3 is 1.76 bits per heavy atom. The third-order valence-corrected chi connectivity index (χ3v) is 24.7. The number of carbonyl (C=O) groups excluding carboxylic acids is 12. The Balaban J connectivity index is 1.20. The number of nitrogens with zero attached hydrogens (tertiary/aromatic N) is 9. The molecule has 5 aliphatic carbocycles. The van der Waals surface area contributed by atoms with Gasteiger partial charge in [0.15, 0.2) is 0 Å². The molecule has 108 heavy (non-hydrogen) atoms. The number of amides is 12. The summed E-state index contributed by atoms with van der Waals surface area (Å²) in [7, 11) is 11.0. The molecule has 0 aromatic carbocycles. The zero-order valence-electron chi connectivity index (χ0n) is 65.1. The largest absolute Gasteiger partial charge is 0.397 e. The van der Waals surface area contributed by atoms with Gasteiger partial charge in [0.25, 0.3) is 0 Å². The number of halogens is 8. The molecule has 32 heteroatoms. The minimum absolute atomic E-state index is 0.00409.